The van der Waals surface area contributed by atoms with E-state index in [0.29, 0.717) is 0 Å². The molecule has 1 aromatic rings. The normalized spacial score (nSPS) is 14.6. The van der Waals surface area contributed by atoms with Gasteiger partial charge in [-0.3, -0.25) is 14.4 Å². The van der Waals surface area contributed by atoms with E-state index in [1.165, 1.54) is 6.42 Å². The van der Waals surface area contributed by atoms with E-state index >= 15 is 0 Å². The SMILES string of the molecule is Cc1cccc(C)c1NC(=O)CNC(=O)CNC(=O)C1CCCCC1. The molecule has 0 radical (unpaired) electrons. The predicted octanol–water partition coefficient (Wildman–Crippen LogP) is 2.05. The van der Waals surface area contributed by atoms with Crippen molar-refractivity contribution in [2.24, 2.45) is 5.92 Å². The van der Waals surface area contributed by atoms with Crippen molar-refractivity contribution in [3.8, 4) is 0 Å². The van der Waals surface area contributed by atoms with Crippen molar-refractivity contribution in [1.29, 1.82) is 0 Å². The fraction of sp³-hybridized carbons (Fsp3) is 0.526. The van der Waals surface area contributed by atoms with Crippen LogP contribution >= 0.6 is 0 Å². The Bertz CT molecular complexity index is 617. The summed E-state index contributed by atoms with van der Waals surface area (Å²) in [5, 5.41) is 8.00. The topological polar surface area (TPSA) is 87.3 Å². The Morgan fingerprint density at radius 3 is 2.16 bits per heavy atom. The minimum Gasteiger partial charge on any atom is -0.347 e. The highest BCUT2D eigenvalue weighted by Gasteiger charge is 2.21. The number of carbonyl (C=O) groups is 3. The van der Waals surface area contributed by atoms with Crippen LogP contribution in [0.2, 0.25) is 0 Å². The molecule has 0 aromatic heterocycles. The van der Waals surface area contributed by atoms with E-state index in [4.69, 9.17) is 0 Å². The Balaban J connectivity index is 1.70. The second-order valence-corrected chi connectivity index (χ2v) is 6.64. The maximum absolute atomic E-state index is 12.0. The van der Waals surface area contributed by atoms with Gasteiger partial charge in [-0.05, 0) is 37.8 Å². The first-order valence-electron chi connectivity index (χ1n) is 8.88. The molecule has 6 heteroatoms. The molecule has 0 aliphatic heterocycles. The largest absolute Gasteiger partial charge is 0.347 e. The number of anilines is 1. The molecule has 0 unspecified atom stereocenters. The summed E-state index contributed by atoms with van der Waals surface area (Å²) in [5.41, 5.74) is 2.71. The lowest BCUT2D eigenvalue weighted by molar-refractivity contribution is -0.129. The highest BCUT2D eigenvalue weighted by molar-refractivity contribution is 5.96. The molecule has 1 fully saturated rings. The molecular formula is C19H27N3O3. The Labute approximate surface area is 148 Å². The van der Waals surface area contributed by atoms with Crippen LogP contribution in [0.15, 0.2) is 18.2 Å². The quantitative estimate of drug-likeness (QED) is 0.737. The highest BCUT2D eigenvalue weighted by Crippen LogP contribution is 2.23. The van der Waals surface area contributed by atoms with E-state index in [1.807, 2.05) is 32.0 Å². The van der Waals surface area contributed by atoms with E-state index in [0.717, 1.165) is 42.5 Å². The summed E-state index contributed by atoms with van der Waals surface area (Å²) in [4.78, 5) is 35.8. The van der Waals surface area contributed by atoms with E-state index in [1.54, 1.807) is 0 Å². The minimum atomic E-state index is -0.360. The molecule has 3 amide bonds. The number of hydrogen-bond acceptors (Lipinski definition) is 3. The molecule has 1 saturated carbocycles. The van der Waals surface area contributed by atoms with Gasteiger partial charge in [-0.1, -0.05) is 37.5 Å². The number of carbonyl (C=O) groups excluding carboxylic acids is 3. The Kier molecular flexibility index (Phi) is 6.98. The van der Waals surface area contributed by atoms with E-state index in [-0.39, 0.29) is 36.7 Å². The molecule has 136 valence electrons. The van der Waals surface area contributed by atoms with Crippen LogP contribution in [0.4, 0.5) is 5.69 Å². The third-order valence-electron chi connectivity index (χ3n) is 4.59. The number of aryl methyl sites for hydroxylation is 2. The van der Waals surface area contributed by atoms with Gasteiger partial charge >= 0.3 is 0 Å². The molecule has 25 heavy (non-hydrogen) atoms. The first-order chi connectivity index (χ1) is 12.0. The number of amides is 3. The molecule has 6 nitrogen and oxygen atoms in total. The lowest BCUT2D eigenvalue weighted by Gasteiger charge is -2.20. The number of nitrogens with one attached hydrogen (secondary N) is 3. The maximum Gasteiger partial charge on any atom is 0.243 e. The second kappa shape index (κ2) is 9.20. The fourth-order valence-electron chi connectivity index (χ4n) is 3.11. The van der Waals surface area contributed by atoms with E-state index in [2.05, 4.69) is 16.0 Å². The van der Waals surface area contributed by atoms with Gasteiger partial charge in [-0.15, -0.1) is 0 Å². The molecule has 0 heterocycles. The molecule has 3 N–H and O–H groups in total. The third-order valence-corrected chi connectivity index (χ3v) is 4.59. The Hall–Kier alpha value is -2.37. The molecule has 0 spiro atoms. The number of hydrogen-bond donors (Lipinski definition) is 3. The van der Waals surface area contributed by atoms with Crippen LogP contribution in [0.1, 0.15) is 43.2 Å². The van der Waals surface area contributed by atoms with E-state index < -0.39 is 0 Å². The van der Waals surface area contributed by atoms with Crippen molar-refractivity contribution < 1.29 is 14.4 Å². The molecule has 1 aliphatic rings. The molecule has 0 saturated heterocycles. The predicted molar refractivity (Wildman–Crippen MR) is 97.1 cm³/mol. The summed E-state index contributed by atoms with van der Waals surface area (Å²) in [6, 6.07) is 5.76. The monoisotopic (exact) mass is 345 g/mol. The van der Waals surface area contributed by atoms with Gasteiger partial charge in [-0.2, -0.15) is 0 Å². The van der Waals surface area contributed by atoms with Crippen LogP contribution in [0.25, 0.3) is 0 Å². The average molecular weight is 345 g/mol. The van der Waals surface area contributed by atoms with Crippen molar-refractivity contribution in [2.75, 3.05) is 18.4 Å². The zero-order valence-electron chi connectivity index (χ0n) is 15.0. The van der Waals surface area contributed by atoms with Gasteiger partial charge in [0, 0.05) is 11.6 Å². The third kappa shape index (κ3) is 5.89. The lowest BCUT2D eigenvalue weighted by Crippen LogP contribution is -2.42. The number of rotatable bonds is 6. The Morgan fingerprint density at radius 1 is 0.920 bits per heavy atom. The number of para-hydroxylation sites is 1. The van der Waals surface area contributed by atoms with Gasteiger partial charge in [0.25, 0.3) is 0 Å². The van der Waals surface area contributed by atoms with Gasteiger partial charge in [0.05, 0.1) is 13.1 Å². The summed E-state index contributed by atoms with van der Waals surface area (Å²) >= 11 is 0. The summed E-state index contributed by atoms with van der Waals surface area (Å²) in [5.74, 6) is -0.686. The van der Waals surface area contributed by atoms with Crippen LogP contribution in [0.3, 0.4) is 0 Å². The molecule has 1 aliphatic carbocycles. The van der Waals surface area contributed by atoms with Gasteiger partial charge < -0.3 is 16.0 Å². The van der Waals surface area contributed by atoms with E-state index in [9.17, 15) is 14.4 Å². The lowest BCUT2D eigenvalue weighted by atomic mass is 9.89. The summed E-state index contributed by atoms with van der Waals surface area (Å²) in [6.07, 6.45) is 5.11. The van der Waals surface area contributed by atoms with Crippen LogP contribution in [0, 0.1) is 19.8 Å². The zero-order chi connectivity index (χ0) is 18.2. The first kappa shape index (κ1) is 19.0. The van der Waals surface area contributed by atoms with Gasteiger partial charge in [0.1, 0.15) is 0 Å². The first-order valence-corrected chi connectivity index (χ1v) is 8.88. The van der Waals surface area contributed by atoms with Crippen molar-refractivity contribution in [3.63, 3.8) is 0 Å². The van der Waals surface area contributed by atoms with Gasteiger partial charge in [0.15, 0.2) is 0 Å². The maximum atomic E-state index is 12.0. The van der Waals surface area contributed by atoms with Gasteiger partial charge in [0.2, 0.25) is 17.7 Å². The van der Waals surface area contributed by atoms with Crippen molar-refractivity contribution in [1.82, 2.24) is 10.6 Å². The molecule has 1 aromatic carbocycles. The fourth-order valence-corrected chi connectivity index (χ4v) is 3.11. The molecule has 0 bridgehead atoms. The van der Waals surface area contributed by atoms with Crippen molar-refractivity contribution >= 4 is 23.4 Å². The van der Waals surface area contributed by atoms with Crippen LogP contribution in [0.5, 0.6) is 0 Å². The van der Waals surface area contributed by atoms with Crippen LogP contribution in [-0.2, 0) is 14.4 Å². The smallest absolute Gasteiger partial charge is 0.243 e. The van der Waals surface area contributed by atoms with Crippen molar-refractivity contribution in [3.05, 3.63) is 29.3 Å². The zero-order valence-corrected chi connectivity index (χ0v) is 15.0. The van der Waals surface area contributed by atoms with Crippen LogP contribution in [-0.4, -0.2) is 30.8 Å². The highest BCUT2D eigenvalue weighted by atomic mass is 16.2. The molecular weight excluding hydrogens is 318 g/mol. The van der Waals surface area contributed by atoms with Crippen molar-refractivity contribution in [2.45, 2.75) is 46.0 Å². The summed E-state index contributed by atoms with van der Waals surface area (Å²) < 4.78 is 0. The summed E-state index contributed by atoms with van der Waals surface area (Å²) in [7, 11) is 0. The van der Waals surface area contributed by atoms with Gasteiger partial charge in [-0.25, -0.2) is 0 Å². The van der Waals surface area contributed by atoms with Crippen LogP contribution < -0.4 is 16.0 Å². The second-order valence-electron chi connectivity index (χ2n) is 6.64. The minimum absolute atomic E-state index is 0.0221. The molecule has 0 atom stereocenters. The Morgan fingerprint density at radius 2 is 1.52 bits per heavy atom. The number of benzene rings is 1. The average Bonchev–Trinajstić information content (AvgIpc) is 2.62. The summed E-state index contributed by atoms with van der Waals surface area (Å²) in [6.45, 7) is 3.63. The standard InChI is InChI=1S/C19H27N3O3/c1-13-7-6-8-14(2)18(13)22-17(24)12-20-16(23)11-21-19(25)15-9-4-3-5-10-15/h6-8,15H,3-5,9-12H2,1-2H3,(H,20,23)(H,21,25)(H,22,24). The molecule has 2 rings (SSSR count).